The Kier molecular flexibility index (Phi) is 6.16. The highest BCUT2D eigenvalue weighted by atomic mass is 32.2. The lowest BCUT2D eigenvalue weighted by molar-refractivity contribution is -0.0496. The first-order chi connectivity index (χ1) is 15.7. The summed E-state index contributed by atoms with van der Waals surface area (Å²) in [7, 11) is -2.04. The third kappa shape index (κ3) is 4.59. The normalized spacial score (nSPS) is 14.9. The topological polar surface area (TPSA) is 73.9 Å². The van der Waals surface area contributed by atoms with Crippen molar-refractivity contribution < 1.29 is 31.4 Å². The van der Waals surface area contributed by atoms with Crippen LogP contribution in [0.4, 0.5) is 14.5 Å². The van der Waals surface area contributed by atoms with E-state index in [-0.39, 0.29) is 5.75 Å². The average Bonchev–Trinajstić information content (AvgIpc) is 2.77. The van der Waals surface area contributed by atoms with Gasteiger partial charge in [0, 0.05) is 16.8 Å². The second-order valence-electron chi connectivity index (χ2n) is 7.78. The Bertz CT molecular complexity index is 1280. The molecule has 1 heterocycles. The summed E-state index contributed by atoms with van der Waals surface area (Å²) in [6.45, 7) is 0.147. The molecule has 1 N–H and O–H groups in total. The molecule has 4 rings (SSSR count). The third-order valence-corrected chi connectivity index (χ3v) is 7.09. The molecule has 0 fully saturated rings. The fraction of sp³-hybridized carbons (Fsp3) is 0.250. The van der Waals surface area contributed by atoms with Crippen LogP contribution in [0.1, 0.15) is 31.1 Å². The molecule has 0 aromatic heterocycles. The number of alkyl halides is 2. The van der Waals surface area contributed by atoms with Gasteiger partial charge < -0.3 is 14.2 Å². The molecular formula is C24H23F2NO5S. The van der Waals surface area contributed by atoms with Crippen LogP contribution in [0.2, 0.25) is 0 Å². The molecule has 174 valence electrons. The standard InChI is InChI=1S/C24H23F2NO5S/c1-14(2)33(28,29)27-16-10-11-18-19(13-16)23(15-6-4-7-17(12-15)30-3)31-20-8-5-9-21(22(18)20)32-24(25)26/h4-14,23-24,27H,1-3H3. The maximum atomic E-state index is 13.1. The second-order valence-corrected chi connectivity index (χ2v) is 10.0. The molecule has 0 saturated carbocycles. The van der Waals surface area contributed by atoms with Gasteiger partial charge in [0.05, 0.1) is 17.9 Å². The van der Waals surface area contributed by atoms with Crippen LogP contribution in [0.25, 0.3) is 11.1 Å². The number of sulfonamides is 1. The fourth-order valence-electron chi connectivity index (χ4n) is 3.66. The third-order valence-electron chi connectivity index (χ3n) is 5.33. The molecule has 3 aromatic carbocycles. The monoisotopic (exact) mass is 475 g/mol. The van der Waals surface area contributed by atoms with E-state index < -0.39 is 28.0 Å². The lowest BCUT2D eigenvalue weighted by atomic mass is 9.88. The Labute approximate surface area is 191 Å². The van der Waals surface area contributed by atoms with E-state index in [9.17, 15) is 17.2 Å². The van der Waals surface area contributed by atoms with E-state index in [2.05, 4.69) is 4.72 Å². The van der Waals surface area contributed by atoms with E-state index in [0.29, 0.717) is 33.9 Å². The van der Waals surface area contributed by atoms with Crippen LogP contribution in [0.3, 0.4) is 0 Å². The summed E-state index contributed by atoms with van der Waals surface area (Å²) in [4.78, 5) is 0. The number of fused-ring (bicyclic) bond motifs is 3. The Morgan fingerprint density at radius 1 is 1.03 bits per heavy atom. The van der Waals surface area contributed by atoms with Crippen molar-refractivity contribution in [2.24, 2.45) is 0 Å². The number of ether oxygens (including phenoxy) is 3. The van der Waals surface area contributed by atoms with Crippen LogP contribution >= 0.6 is 0 Å². The number of halogens is 2. The molecule has 1 atom stereocenters. The summed E-state index contributed by atoms with van der Waals surface area (Å²) in [5.74, 6) is 0.974. The van der Waals surface area contributed by atoms with Gasteiger partial charge in [-0.05, 0) is 55.8 Å². The van der Waals surface area contributed by atoms with Crippen LogP contribution in [-0.4, -0.2) is 27.4 Å². The summed E-state index contributed by atoms with van der Waals surface area (Å²) < 4.78 is 69.8. The van der Waals surface area contributed by atoms with Crippen molar-refractivity contribution in [3.05, 3.63) is 71.8 Å². The molecule has 0 aliphatic carbocycles. The largest absolute Gasteiger partial charge is 0.497 e. The van der Waals surface area contributed by atoms with Crippen molar-refractivity contribution in [2.45, 2.75) is 31.8 Å². The summed E-state index contributed by atoms with van der Waals surface area (Å²) in [5, 5.41) is -0.634. The van der Waals surface area contributed by atoms with Crippen LogP contribution < -0.4 is 18.9 Å². The first kappa shape index (κ1) is 22.8. The van der Waals surface area contributed by atoms with Crippen molar-refractivity contribution >= 4 is 15.7 Å². The predicted octanol–water partition coefficient (Wildman–Crippen LogP) is 5.60. The zero-order valence-corrected chi connectivity index (χ0v) is 19.0. The lowest BCUT2D eigenvalue weighted by Crippen LogP contribution is -2.23. The van der Waals surface area contributed by atoms with Gasteiger partial charge >= 0.3 is 6.61 Å². The molecule has 0 radical (unpaired) electrons. The SMILES string of the molecule is COc1cccc(C2Oc3cccc(OC(F)F)c3-c3ccc(NS(=O)(=O)C(C)C)cc32)c1. The lowest BCUT2D eigenvalue weighted by Gasteiger charge is -2.31. The highest BCUT2D eigenvalue weighted by molar-refractivity contribution is 7.93. The summed E-state index contributed by atoms with van der Waals surface area (Å²) in [5.41, 5.74) is 2.68. The minimum absolute atomic E-state index is 0.0247. The van der Waals surface area contributed by atoms with E-state index in [4.69, 9.17) is 14.2 Å². The number of anilines is 1. The van der Waals surface area contributed by atoms with E-state index in [1.54, 1.807) is 57.4 Å². The predicted molar refractivity (Wildman–Crippen MR) is 122 cm³/mol. The molecular weight excluding hydrogens is 452 g/mol. The van der Waals surface area contributed by atoms with Gasteiger partial charge in [-0.2, -0.15) is 8.78 Å². The summed E-state index contributed by atoms with van der Waals surface area (Å²) >= 11 is 0. The van der Waals surface area contributed by atoms with Crippen LogP contribution in [0, 0.1) is 0 Å². The summed E-state index contributed by atoms with van der Waals surface area (Å²) in [6.07, 6.45) is -0.632. The van der Waals surface area contributed by atoms with Crippen molar-refractivity contribution in [3.8, 4) is 28.4 Å². The maximum Gasteiger partial charge on any atom is 0.387 e. The number of benzene rings is 3. The molecule has 1 aliphatic rings. The first-order valence-electron chi connectivity index (χ1n) is 10.2. The van der Waals surface area contributed by atoms with Gasteiger partial charge in [0.1, 0.15) is 23.4 Å². The van der Waals surface area contributed by atoms with Crippen molar-refractivity contribution in [1.82, 2.24) is 0 Å². The zero-order chi connectivity index (χ0) is 23.8. The van der Waals surface area contributed by atoms with Gasteiger partial charge in [-0.3, -0.25) is 4.72 Å². The van der Waals surface area contributed by atoms with Gasteiger partial charge in [0.15, 0.2) is 0 Å². The minimum atomic E-state index is -3.59. The number of methoxy groups -OCH3 is 1. The first-order valence-corrected chi connectivity index (χ1v) is 11.8. The van der Waals surface area contributed by atoms with E-state index in [0.717, 1.165) is 5.56 Å². The Morgan fingerprint density at radius 3 is 2.48 bits per heavy atom. The second kappa shape index (κ2) is 8.90. The van der Waals surface area contributed by atoms with Gasteiger partial charge in [-0.25, -0.2) is 8.42 Å². The zero-order valence-electron chi connectivity index (χ0n) is 18.2. The highest BCUT2D eigenvalue weighted by Gasteiger charge is 2.31. The van der Waals surface area contributed by atoms with Crippen LogP contribution in [0.15, 0.2) is 60.7 Å². The van der Waals surface area contributed by atoms with E-state index in [1.807, 2.05) is 18.2 Å². The Morgan fingerprint density at radius 2 is 1.79 bits per heavy atom. The maximum absolute atomic E-state index is 13.1. The number of rotatable bonds is 7. The molecule has 6 nitrogen and oxygen atoms in total. The number of nitrogens with one attached hydrogen (secondary N) is 1. The average molecular weight is 476 g/mol. The smallest absolute Gasteiger partial charge is 0.387 e. The van der Waals surface area contributed by atoms with Gasteiger partial charge in [0.25, 0.3) is 0 Å². The molecule has 0 spiro atoms. The molecule has 3 aromatic rings. The molecule has 0 amide bonds. The number of hydrogen-bond acceptors (Lipinski definition) is 5. The quantitative estimate of drug-likeness (QED) is 0.482. The van der Waals surface area contributed by atoms with Gasteiger partial charge in [-0.15, -0.1) is 0 Å². The summed E-state index contributed by atoms with van der Waals surface area (Å²) in [6, 6.07) is 16.9. The van der Waals surface area contributed by atoms with Crippen molar-refractivity contribution in [1.29, 1.82) is 0 Å². The van der Waals surface area contributed by atoms with E-state index >= 15 is 0 Å². The van der Waals surface area contributed by atoms with Gasteiger partial charge in [-0.1, -0.05) is 24.3 Å². The van der Waals surface area contributed by atoms with Crippen LogP contribution in [0.5, 0.6) is 17.2 Å². The number of hydrogen-bond donors (Lipinski definition) is 1. The van der Waals surface area contributed by atoms with E-state index in [1.165, 1.54) is 6.07 Å². The molecule has 1 aliphatic heterocycles. The molecule has 1 unspecified atom stereocenters. The highest BCUT2D eigenvalue weighted by Crippen LogP contribution is 2.50. The Hall–Kier alpha value is -3.33. The van der Waals surface area contributed by atoms with Crippen molar-refractivity contribution in [3.63, 3.8) is 0 Å². The molecule has 0 saturated heterocycles. The molecule has 0 bridgehead atoms. The molecule has 33 heavy (non-hydrogen) atoms. The Balaban J connectivity index is 1.89. The molecule has 9 heteroatoms. The fourth-order valence-corrected chi connectivity index (χ4v) is 4.36. The van der Waals surface area contributed by atoms with Gasteiger partial charge in [0.2, 0.25) is 10.0 Å². The van der Waals surface area contributed by atoms with Crippen LogP contribution in [-0.2, 0) is 10.0 Å². The van der Waals surface area contributed by atoms with Crippen molar-refractivity contribution in [2.75, 3.05) is 11.8 Å². The minimum Gasteiger partial charge on any atom is -0.497 e.